The van der Waals surface area contributed by atoms with Crippen molar-refractivity contribution in [3.8, 4) is 0 Å². The highest BCUT2D eigenvalue weighted by molar-refractivity contribution is 5.24. The van der Waals surface area contributed by atoms with Gasteiger partial charge >= 0.3 is 0 Å². The SMILES string of the molecule is CCCNC(Cc1cccc(C)c1)C1C2CCCC21. The molecule has 0 radical (unpaired) electrons. The standard InChI is InChI=1S/C18H27N/c1-3-10-19-17(18-15-8-5-9-16(15)18)12-14-7-4-6-13(2)11-14/h4,6-7,11,15-19H,3,5,8-10,12H2,1-2H3. The predicted octanol–water partition coefficient (Wildman–Crippen LogP) is 3.95. The maximum atomic E-state index is 3.83. The van der Waals surface area contributed by atoms with Gasteiger partial charge in [0.25, 0.3) is 0 Å². The quantitative estimate of drug-likeness (QED) is 0.813. The van der Waals surface area contributed by atoms with Gasteiger partial charge in [0.1, 0.15) is 0 Å². The van der Waals surface area contributed by atoms with Crippen molar-refractivity contribution >= 4 is 0 Å². The van der Waals surface area contributed by atoms with E-state index in [0.717, 1.165) is 23.8 Å². The highest BCUT2D eigenvalue weighted by atomic mass is 14.9. The molecule has 0 aromatic heterocycles. The molecule has 2 saturated carbocycles. The Morgan fingerprint density at radius 3 is 2.74 bits per heavy atom. The molecular formula is C18H27N. The number of rotatable bonds is 6. The van der Waals surface area contributed by atoms with E-state index in [1.54, 1.807) is 0 Å². The molecule has 2 aliphatic carbocycles. The zero-order valence-corrected chi connectivity index (χ0v) is 12.4. The van der Waals surface area contributed by atoms with E-state index >= 15 is 0 Å². The smallest absolute Gasteiger partial charge is 0.0141 e. The van der Waals surface area contributed by atoms with Crippen molar-refractivity contribution in [1.29, 1.82) is 0 Å². The Hall–Kier alpha value is -0.820. The maximum absolute atomic E-state index is 3.83. The molecule has 1 heteroatoms. The molecule has 1 aromatic rings. The zero-order valence-electron chi connectivity index (χ0n) is 12.4. The zero-order chi connectivity index (χ0) is 13.2. The van der Waals surface area contributed by atoms with E-state index in [1.807, 2.05) is 0 Å². The topological polar surface area (TPSA) is 12.0 Å². The van der Waals surface area contributed by atoms with Gasteiger partial charge in [-0.15, -0.1) is 0 Å². The highest BCUT2D eigenvalue weighted by Crippen LogP contribution is 2.59. The molecule has 0 spiro atoms. The third-order valence-electron chi connectivity index (χ3n) is 5.13. The minimum atomic E-state index is 0.719. The van der Waals surface area contributed by atoms with Gasteiger partial charge in [0.15, 0.2) is 0 Å². The van der Waals surface area contributed by atoms with Gasteiger partial charge in [-0.2, -0.15) is 0 Å². The monoisotopic (exact) mass is 257 g/mol. The van der Waals surface area contributed by atoms with Crippen LogP contribution in [-0.2, 0) is 6.42 Å². The van der Waals surface area contributed by atoms with Gasteiger partial charge in [-0.3, -0.25) is 0 Å². The van der Waals surface area contributed by atoms with Gasteiger partial charge < -0.3 is 5.32 Å². The highest BCUT2D eigenvalue weighted by Gasteiger charge is 2.55. The van der Waals surface area contributed by atoms with Crippen molar-refractivity contribution in [2.45, 2.75) is 52.0 Å². The van der Waals surface area contributed by atoms with Crippen LogP contribution in [0.4, 0.5) is 0 Å². The Morgan fingerprint density at radius 1 is 1.26 bits per heavy atom. The van der Waals surface area contributed by atoms with Gasteiger partial charge in [0, 0.05) is 6.04 Å². The van der Waals surface area contributed by atoms with E-state index in [1.165, 1.54) is 49.8 Å². The Labute approximate surface area is 117 Å². The number of hydrogen-bond donors (Lipinski definition) is 1. The van der Waals surface area contributed by atoms with E-state index < -0.39 is 0 Å². The van der Waals surface area contributed by atoms with Crippen LogP contribution in [0.2, 0.25) is 0 Å². The van der Waals surface area contributed by atoms with Gasteiger partial charge in [-0.05, 0) is 62.5 Å². The van der Waals surface area contributed by atoms with Crippen LogP contribution >= 0.6 is 0 Å². The predicted molar refractivity (Wildman–Crippen MR) is 81.3 cm³/mol. The van der Waals surface area contributed by atoms with Crippen molar-refractivity contribution in [1.82, 2.24) is 5.32 Å². The molecule has 3 unspecified atom stereocenters. The number of nitrogens with one attached hydrogen (secondary N) is 1. The first kappa shape index (κ1) is 13.2. The Bertz CT molecular complexity index is 415. The lowest BCUT2D eigenvalue weighted by Crippen LogP contribution is -2.35. The Morgan fingerprint density at radius 2 is 2.05 bits per heavy atom. The lowest BCUT2D eigenvalue weighted by molar-refractivity contribution is 0.403. The van der Waals surface area contributed by atoms with Crippen molar-refractivity contribution in [3.63, 3.8) is 0 Å². The molecule has 3 rings (SSSR count). The van der Waals surface area contributed by atoms with Gasteiger partial charge in [-0.1, -0.05) is 43.2 Å². The number of hydrogen-bond acceptors (Lipinski definition) is 1. The lowest BCUT2D eigenvalue weighted by Gasteiger charge is -2.21. The minimum Gasteiger partial charge on any atom is -0.313 e. The maximum Gasteiger partial charge on any atom is 0.0141 e. The summed E-state index contributed by atoms with van der Waals surface area (Å²) in [6.07, 6.45) is 6.93. The Balaban J connectivity index is 1.66. The van der Waals surface area contributed by atoms with E-state index in [9.17, 15) is 0 Å². The van der Waals surface area contributed by atoms with Crippen molar-refractivity contribution < 1.29 is 0 Å². The summed E-state index contributed by atoms with van der Waals surface area (Å²) in [5, 5.41) is 3.83. The van der Waals surface area contributed by atoms with Crippen LogP contribution in [0.5, 0.6) is 0 Å². The molecule has 19 heavy (non-hydrogen) atoms. The third kappa shape index (κ3) is 2.86. The third-order valence-corrected chi connectivity index (χ3v) is 5.13. The molecule has 104 valence electrons. The second-order valence-electron chi connectivity index (χ2n) is 6.59. The van der Waals surface area contributed by atoms with Crippen LogP contribution in [0.3, 0.4) is 0 Å². The first-order chi connectivity index (χ1) is 9.29. The summed E-state index contributed by atoms with van der Waals surface area (Å²) >= 11 is 0. The fraction of sp³-hybridized carbons (Fsp3) is 0.667. The van der Waals surface area contributed by atoms with Crippen molar-refractivity contribution in [2.24, 2.45) is 17.8 Å². The molecule has 1 aromatic carbocycles. The summed E-state index contributed by atoms with van der Waals surface area (Å²) in [6.45, 7) is 5.64. The molecule has 1 N–H and O–H groups in total. The average Bonchev–Trinajstić information content (AvgIpc) is 2.87. The summed E-state index contributed by atoms with van der Waals surface area (Å²) < 4.78 is 0. The number of benzene rings is 1. The summed E-state index contributed by atoms with van der Waals surface area (Å²) in [6, 6.07) is 9.78. The first-order valence-electron chi connectivity index (χ1n) is 8.08. The van der Waals surface area contributed by atoms with Gasteiger partial charge in [0.05, 0.1) is 0 Å². The molecule has 0 amide bonds. The molecule has 0 aliphatic heterocycles. The van der Waals surface area contributed by atoms with Gasteiger partial charge in [-0.25, -0.2) is 0 Å². The Kier molecular flexibility index (Phi) is 3.93. The van der Waals surface area contributed by atoms with Crippen LogP contribution in [0, 0.1) is 24.7 Å². The molecular weight excluding hydrogens is 230 g/mol. The van der Waals surface area contributed by atoms with Gasteiger partial charge in [0.2, 0.25) is 0 Å². The van der Waals surface area contributed by atoms with Crippen LogP contribution in [0.25, 0.3) is 0 Å². The second kappa shape index (κ2) is 5.66. The lowest BCUT2D eigenvalue weighted by atomic mass is 9.96. The molecule has 0 bridgehead atoms. The number of fused-ring (bicyclic) bond motifs is 1. The van der Waals surface area contributed by atoms with E-state index in [-0.39, 0.29) is 0 Å². The summed E-state index contributed by atoms with van der Waals surface area (Å²) in [5.41, 5.74) is 2.90. The molecule has 1 nitrogen and oxygen atoms in total. The average molecular weight is 257 g/mol. The summed E-state index contributed by atoms with van der Waals surface area (Å²) in [4.78, 5) is 0. The van der Waals surface area contributed by atoms with E-state index in [4.69, 9.17) is 0 Å². The van der Waals surface area contributed by atoms with E-state index in [2.05, 4.69) is 43.4 Å². The largest absolute Gasteiger partial charge is 0.313 e. The fourth-order valence-electron chi connectivity index (χ4n) is 4.24. The fourth-order valence-corrected chi connectivity index (χ4v) is 4.24. The van der Waals surface area contributed by atoms with Crippen LogP contribution in [-0.4, -0.2) is 12.6 Å². The van der Waals surface area contributed by atoms with E-state index in [0.29, 0.717) is 0 Å². The molecule has 2 aliphatic rings. The van der Waals surface area contributed by atoms with Crippen molar-refractivity contribution in [3.05, 3.63) is 35.4 Å². The molecule has 0 heterocycles. The number of aryl methyl sites for hydroxylation is 1. The summed E-state index contributed by atoms with van der Waals surface area (Å²) in [5.74, 6) is 3.08. The van der Waals surface area contributed by atoms with Crippen LogP contribution < -0.4 is 5.32 Å². The molecule has 3 atom stereocenters. The minimum absolute atomic E-state index is 0.719. The van der Waals surface area contributed by atoms with Crippen molar-refractivity contribution in [2.75, 3.05) is 6.54 Å². The normalized spacial score (nSPS) is 30.1. The summed E-state index contributed by atoms with van der Waals surface area (Å²) in [7, 11) is 0. The molecule has 0 saturated heterocycles. The molecule has 2 fully saturated rings. The second-order valence-corrected chi connectivity index (χ2v) is 6.59. The van der Waals surface area contributed by atoms with Crippen LogP contribution in [0.1, 0.15) is 43.7 Å². The first-order valence-corrected chi connectivity index (χ1v) is 8.08. The van der Waals surface area contributed by atoms with Crippen LogP contribution in [0.15, 0.2) is 24.3 Å².